The van der Waals surface area contributed by atoms with Gasteiger partial charge < -0.3 is 14.8 Å². The van der Waals surface area contributed by atoms with E-state index in [0.717, 1.165) is 10.5 Å². The van der Waals surface area contributed by atoms with Crippen LogP contribution in [0.25, 0.3) is 0 Å². The smallest absolute Gasteiger partial charge is 0.264 e. The van der Waals surface area contributed by atoms with Gasteiger partial charge in [-0.3, -0.25) is 9.10 Å². The van der Waals surface area contributed by atoms with Crippen molar-refractivity contribution < 1.29 is 22.7 Å². The molecule has 0 unspecified atom stereocenters. The molecule has 1 atom stereocenters. The second-order valence-electron chi connectivity index (χ2n) is 7.50. The van der Waals surface area contributed by atoms with Gasteiger partial charge in [-0.1, -0.05) is 6.07 Å². The number of hydrogen-bond donors (Lipinski definition) is 1. The fraction of sp³-hybridized carbons (Fsp3) is 0.240. The lowest BCUT2D eigenvalue weighted by molar-refractivity contribution is 0.0940. The highest BCUT2D eigenvalue weighted by atomic mass is 32.2. The molecular weight excluding hydrogens is 472 g/mol. The van der Waals surface area contributed by atoms with Crippen LogP contribution in [0.15, 0.2) is 76.5 Å². The second kappa shape index (κ2) is 10.8. The van der Waals surface area contributed by atoms with E-state index >= 15 is 0 Å². The van der Waals surface area contributed by atoms with Crippen LogP contribution in [0, 0.1) is 0 Å². The van der Waals surface area contributed by atoms with Crippen molar-refractivity contribution in [1.82, 2.24) is 5.32 Å². The minimum atomic E-state index is -3.72. The van der Waals surface area contributed by atoms with E-state index < -0.39 is 10.0 Å². The van der Waals surface area contributed by atoms with Crippen molar-refractivity contribution >= 4 is 33.4 Å². The Bertz CT molecular complexity index is 1240. The lowest BCUT2D eigenvalue weighted by Gasteiger charge is -2.20. The van der Waals surface area contributed by atoms with Crippen LogP contribution < -0.4 is 19.1 Å². The van der Waals surface area contributed by atoms with Gasteiger partial charge in [0, 0.05) is 17.5 Å². The van der Waals surface area contributed by atoms with Gasteiger partial charge >= 0.3 is 0 Å². The number of anilines is 1. The summed E-state index contributed by atoms with van der Waals surface area (Å²) in [5, 5.41) is 2.95. The first kappa shape index (κ1) is 25.5. The van der Waals surface area contributed by atoms with Crippen molar-refractivity contribution in [3.63, 3.8) is 0 Å². The summed E-state index contributed by atoms with van der Waals surface area (Å²) in [5.74, 6) is 0.921. The molecule has 0 aromatic heterocycles. The monoisotopic (exact) mass is 500 g/mol. The standard InChI is InChI=1S/C25H28N2O5S2/c1-17(19-8-15-23(31-3)24(16-19)32-4)26-25(28)18-6-9-20(10-7-18)27(2)34(29,30)22-13-11-21(33-5)12-14-22/h6-17H,1-5H3,(H,26,28)/t17-/m0/s1. The van der Waals surface area contributed by atoms with Gasteiger partial charge in [-0.2, -0.15) is 0 Å². The zero-order valence-electron chi connectivity index (χ0n) is 19.7. The van der Waals surface area contributed by atoms with Gasteiger partial charge in [0.1, 0.15) is 0 Å². The topological polar surface area (TPSA) is 84.9 Å². The number of ether oxygens (including phenoxy) is 2. The first-order valence-electron chi connectivity index (χ1n) is 10.5. The molecule has 0 aliphatic heterocycles. The Balaban J connectivity index is 1.72. The van der Waals surface area contributed by atoms with Crippen molar-refractivity contribution in [3.05, 3.63) is 77.9 Å². The van der Waals surface area contributed by atoms with E-state index in [2.05, 4.69) is 5.32 Å². The maximum absolute atomic E-state index is 13.0. The Kier molecular flexibility index (Phi) is 8.11. The molecule has 3 aromatic carbocycles. The lowest BCUT2D eigenvalue weighted by Crippen LogP contribution is -2.28. The van der Waals surface area contributed by atoms with E-state index in [9.17, 15) is 13.2 Å². The molecule has 0 heterocycles. The predicted octanol–water partition coefficient (Wildman–Crippen LogP) is 4.74. The van der Waals surface area contributed by atoms with E-state index in [0.29, 0.717) is 22.7 Å². The second-order valence-corrected chi connectivity index (χ2v) is 10.4. The van der Waals surface area contributed by atoms with Gasteiger partial charge in [-0.15, -0.1) is 11.8 Å². The molecule has 180 valence electrons. The predicted molar refractivity (Wildman–Crippen MR) is 136 cm³/mol. The van der Waals surface area contributed by atoms with E-state index in [1.807, 2.05) is 25.3 Å². The maximum atomic E-state index is 13.0. The zero-order valence-corrected chi connectivity index (χ0v) is 21.4. The van der Waals surface area contributed by atoms with Gasteiger partial charge in [0.15, 0.2) is 11.5 Å². The van der Waals surface area contributed by atoms with Gasteiger partial charge in [-0.25, -0.2) is 8.42 Å². The number of carbonyl (C=O) groups excluding carboxylic acids is 1. The van der Waals surface area contributed by atoms with Crippen LogP contribution in [0.3, 0.4) is 0 Å². The first-order valence-corrected chi connectivity index (χ1v) is 13.1. The average molecular weight is 501 g/mol. The summed E-state index contributed by atoms with van der Waals surface area (Å²) in [6.45, 7) is 1.87. The largest absolute Gasteiger partial charge is 0.493 e. The lowest BCUT2D eigenvalue weighted by atomic mass is 10.1. The molecule has 1 amide bonds. The highest BCUT2D eigenvalue weighted by molar-refractivity contribution is 7.98. The molecule has 0 aliphatic carbocycles. The maximum Gasteiger partial charge on any atom is 0.264 e. The number of hydrogen-bond acceptors (Lipinski definition) is 6. The number of sulfonamides is 1. The number of thioether (sulfide) groups is 1. The van der Waals surface area contributed by atoms with Crippen molar-refractivity contribution in [2.75, 3.05) is 31.8 Å². The highest BCUT2D eigenvalue weighted by Crippen LogP contribution is 2.30. The van der Waals surface area contributed by atoms with Crippen LogP contribution in [0.1, 0.15) is 28.9 Å². The summed E-state index contributed by atoms with van der Waals surface area (Å²) in [7, 11) is 0.900. The van der Waals surface area contributed by atoms with Crippen LogP contribution >= 0.6 is 11.8 Å². The molecule has 3 rings (SSSR count). The Morgan fingerprint density at radius 1 is 0.941 bits per heavy atom. The summed E-state index contributed by atoms with van der Waals surface area (Å²) in [5.41, 5.74) is 1.74. The molecule has 34 heavy (non-hydrogen) atoms. The quantitative estimate of drug-likeness (QED) is 0.427. The van der Waals surface area contributed by atoms with E-state index in [1.165, 1.54) is 11.4 Å². The first-order chi connectivity index (χ1) is 16.2. The summed E-state index contributed by atoms with van der Waals surface area (Å²) < 4.78 is 37.7. The molecule has 0 bridgehead atoms. The highest BCUT2D eigenvalue weighted by Gasteiger charge is 2.22. The van der Waals surface area contributed by atoms with Gasteiger partial charge in [0.05, 0.1) is 30.8 Å². The van der Waals surface area contributed by atoms with E-state index in [-0.39, 0.29) is 16.8 Å². The van der Waals surface area contributed by atoms with Crippen molar-refractivity contribution in [3.8, 4) is 11.5 Å². The van der Waals surface area contributed by atoms with Gasteiger partial charge in [-0.05, 0) is 79.4 Å². The Morgan fingerprint density at radius 3 is 2.12 bits per heavy atom. The molecule has 1 N–H and O–H groups in total. The van der Waals surface area contributed by atoms with Crippen LogP contribution in [-0.4, -0.2) is 41.8 Å². The van der Waals surface area contributed by atoms with Crippen LogP contribution in [-0.2, 0) is 10.0 Å². The Labute approximate surface area is 205 Å². The summed E-state index contributed by atoms with van der Waals surface area (Å²) in [6.07, 6.45) is 1.93. The number of rotatable bonds is 9. The normalized spacial score (nSPS) is 12.0. The number of carbonyl (C=O) groups is 1. The molecule has 0 saturated carbocycles. The average Bonchev–Trinajstić information content (AvgIpc) is 2.87. The fourth-order valence-corrected chi connectivity index (χ4v) is 4.96. The van der Waals surface area contributed by atoms with Gasteiger partial charge in [0.2, 0.25) is 0 Å². The van der Waals surface area contributed by atoms with Crippen molar-refractivity contribution in [2.24, 2.45) is 0 Å². The molecule has 9 heteroatoms. The molecule has 0 aliphatic rings. The number of benzene rings is 3. The molecule has 3 aromatic rings. The number of methoxy groups -OCH3 is 2. The van der Waals surface area contributed by atoms with Crippen LogP contribution in [0.2, 0.25) is 0 Å². The Hall–Kier alpha value is -3.17. The molecule has 0 fully saturated rings. The third-order valence-corrected chi connectivity index (χ3v) is 8.01. The number of amides is 1. The van der Waals surface area contributed by atoms with Crippen LogP contribution in [0.4, 0.5) is 5.69 Å². The molecule has 0 saturated heterocycles. The number of nitrogens with one attached hydrogen (secondary N) is 1. The molecule has 0 spiro atoms. The fourth-order valence-electron chi connectivity index (χ4n) is 3.35. The third-order valence-electron chi connectivity index (χ3n) is 5.47. The van der Waals surface area contributed by atoms with Crippen molar-refractivity contribution in [2.45, 2.75) is 22.8 Å². The van der Waals surface area contributed by atoms with E-state index in [1.54, 1.807) is 80.6 Å². The summed E-state index contributed by atoms with van der Waals surface area (Å²) in [4.78, 5) is 14.0. The molecular formula is C25H28N2O5S2. The molecule has 0 radical (unpaired) electrons. The minimum Gasteiger partial charge on any atom is -0.493 e. The summed E-state index contributed by atoms with van der Waals surface area (Å²) in [6, 6.07) is 18.4. The third kappa shape index (κ3) is 5.48. The minimum absolute atomic E-state index is 0.207. The molecule has 7 nitrogen and oxygen atoms in total. The van der Waals surface area contributed by atoms with Gasteiger partial charge in [0.25, 0.3) is 15.9 Å². The zero-order chi connectivity index (χ0) is 24.9. The summed E-state index contributed by atoms with van der Waals surface area (Å²) >= 11 is 1.55. The van der Waals surface area contributed by atoms with Crippen LogP contribution in [0.5, 0.6) is 11.5 Å². The van der Waals surface area contributed by atoms with E-state index in [4.69, 9.17) is 9.47 Å². The van der Waals surface area contributed by atoms with Crippen molar-refractivity contribution in [1.29, 1.82) is 0 Å². The number of nitrogens with zero attached hydrogens (tertiary/aromatic N) is 1. The Morgan fingerprint density at radius 2 is 1.56 bits per heavy atom. The SMILES string of the molecule is COc1ccc([C@H](C)NC(=O)c2ccc(N(C)S(=O)(=O)c3ccc(SC)cc3)cc2)cc1OC.